The number of piperazine rings is 1. The minimum atomic E-state index is -3.45. The normalized spacial score (nSPS) is 15.5. The van der Waals surface area contributed by atoms with Gasteiger partial charge in [0, 0.05) is 31.1 Å². The number of hydrogen-bond donors (Lipinski definition) is 0. The summed E-state index contributed by atoms with van der Waals surface area (Å²) in [5.41, 5.74) is 1.42. The van der Waals surface area contributed by atoms with Crippen molar-refractivity contribution in [1.82, 2.24) is 18.8 Å². The lowest BCUT2D eigenvalue weighted by Crippen LogP contribution is -2.51. The van der Waals surface area contributed by atoms with Gasteiger partial charge in [-0.05, 0) is 25.0 Å². The van der Waals surface area contributed by atoms with Gasteiger partial charge in [-0.3, -0.25) is 14.2 Å². The molecule has 3 heterocycles. The fourth-order valence-corrected chi connectivity index (χ4v) is 6.22. The Morgan fingerprint density at radius 2 is 1.77 bits per heavy atom. The van der Waals surface area contributed by atoms with Crippen LogP contribution in [0.25, 0.3) is 10.2 Å². The summed E-state index contributed by atoms with van der Waals surface area (Å²) in [4.78, 5) is 33.2. The van der Waals surface area contributed by atoms with E-state index in [1.54, 1.807) is 17.0 Å². The molecule has 8 nitrogen and oxygen atoms in total. The highest BCUT2D eigenvalue weighted by molar-refractivity contribution is 7.88. The third-order valence-corrected chi connectivity index (χ3v) is 8.60. The van der Waals surface area contributed by atoms with E-state index in [1.165, 1.54) is 26.5 Å². The lowest BCUT2D eigenvalue weighted by molar-refractivity contribution is -0.133. The summed E-state index contributed by atoms with van der Waals surface area (Å²) in [7, 11) is -3.45. The lowest BCUT2D eigenvalue weighted by Gasteiger charge is -2.34. The highest BCUT2D eigenvalue weighted by Gasteiger charge is 2.29. The zero-order valence-corrected chi connectivity index (χ0v) is 19.1. The summed E-state index contributed by atoms with van der Waals surface area (Å²) in [6.07, 6.45) is 1.42. The van der Waals surface area contributed by atoms with Crippen LogP contribution in [-0.4, -0.2) is 59.3 Å². The van der Waals surface area contributed by atoms with E-state index >= 15 is 0 Å². The van der Waals surface area contributed by atoms with Crippen LogP contribution in [0.15, 0.2) is 41.5 Å². The minimum absolute atomic E-state index is 0.0533. The molecule has 1 amide bonds. The molecule has 0 atom stereocenters. The predicted molar refractivity (Wildman–Crippen MR) is 121 cm³/mol. The Kier molecular flexibility index (Phi) is 5.96. The van der Waals surface area contributed by atoms with E-state index in [9.17, 15) is 18.0 Å². The van der Waals surface area contributed by atoms with Crippen LogP contribution in [0.4, 0.5) is 0 Å². The number of aromatic nitrogens is 2. The Morgan fingerprint density at radius 1 is 1.10 bits per heavy atom. The van der Waals surface area contributed by atoms with E-state index in [0.717, 1.165) is 16.0 Å². The minimum Gasteiger partial charge on any atom is -0.338 e. The highest BCUT2D eigenvalue weighted by atomic mass is 32.2. The van der Waals surface area contributed by atoms with Crippen LogP contribution in [0.2, 0.25) is 0 Å². The first-order chi connectivity index (χ1) is 14.8. The highest BCUT2D eigenvalue weighted by Crippen LogP contribution is 2.25. The molecular formula is C21H24N4O4S2. The van der Waals surface area contributed by atoms with Crippen LogP contribution in [0.1, 0.15) is 16.0 Å². The van der Waals surface area contributed by atoms with Crippen molar-refractivity contribution in [3.63, 3.8) is 0 Å². The van der Waals surface area contributed by atoms with Gasteiger partial charge < -0.3 is 4.90 Å². The van der Waals surface area contributed by atoms with Gasteiger partial charge in [0.25, 0.3) is 5.56 Å². The average molecular weight is 461 g/mol. The smallest absolute Gasteiger partial charge is 0.262 e. The Bertz CT molecular complexity index is 1270. The molecule has 0 N–H and O–H groups in total. The van der Waals surface area contributed by atoms with Crippen molar-refractivity contribution in [2.24, 2.45) is 0 Å². The predicted octanol–water partition coefficient (Wildman–Crippen LogP) is 1.75. The molecule has 1 fully saturated rings. The lowest BCUT2D eigenvalue weighted by atomic mass is 10.2. The maximum absolute atomic E-state index is 12.8. The number of aryl methyl sites for hydroxylation is 2. The molecule has 0 bridgehead atoms. The summed E-state index contributed by atoms with van der Waals surface area (Å²) < 4.78 is 28.2. The molecule has 0 saturated carbocycles. The molecule has 3 aromatic rings. The fourth-order valence-electron chi connectivity index (χ4n) is 3.72. The van der Waals surface area contributed by atoms with Crippen molar-refractivity contribution in [1.29, 1.82) is 0 Å². The van der Waals surface area contributed by atoms with Crippen molar-refractivity contribution in [3.05, 3.63) is 63.0 Å². The van der Waals surface area contributed by atoms with Gasteiger partial charge >= 0.3 is 0 Å². The average Bonchev–Trinajstić information content (AvgIpc) is 3.05. The number of benzene rings is 1. The van der Waals surface area contributed by atoms with Gasteiger partial charge in [-0.25, -0.2) is 13.4 Å². The first-order valence-corrected chi connectivity index (χ1v) is 12.4. The second-order valence-electron chi connectivity index (χ2n) is 7.66. The number of sulfonamides is 1. The maximum atomic E-state index is 12.8. The van der Waals surface area contributed by atoms with Gasteiger partial charge in [-0.1, -0.05) is 30.3 Å². The standard InChI is InChI=1S/C21H24N4O4S2/c1-15-16(2)30-20-19(15)21(27)24(14-22-20)12-18(26)23-8-10-25(11-9-23)31(28,29)13-17-6-4-3-5-7-17/h3-7,14H,8-13H2,1-2H3. The summed E-state index contributed by atoms with van der Waals surface area (Å²) in [6.45, 7) is 4.82. The third kappa shape index (κ3) is 4.41. The molecule has 1 aliphatic heterocycles. The van der Waals surface area contributed by atoms with Crippen LogP contribution < -0.4 is 5.56 Å². The zero-order valence-electron chi connectivity index (χ0n) is 17.4. The van der Waals surface area contributed by atoms with Crippen LogP contribution in [0.5, 0.6) is 0 Å². The Balaban J connectivity index is 1.41. The Labute approximate surface area is 184 Å². The summed E-state index contributed by atoms with van der Waals surface area (Å²) in [5, 5.41) is 0.564. The van der Waals surface area contributed by atoms with Crippen LogP contribution >= 0.6 is 11.3 Å². The van der Waals surface area contributed by atoms with Gasteiger partial charge in [0.05, 0.1) is 17.5 Å². The summed E-state index contributed by atoms with van der Waals surface area (Å²) >= 11 is 1.47. The number of amides is 1. The van der Waals surface area contributed by atoms with Crippen LogP contribution in [0.3, 0.4) is 0 Å². The molecule has 0 aliphatic carbocycles. The molecular weight excluding hydrogens is 436 g/mol. The largest absolute Gasteiger partial charge is 0.338 e. The Hall–Kier alpha value is -2.56. The quantitative estimate of drug-likeness (QED) is 0.578. The summed E-state index contributed by atoms with van der Waals surface area (Å²) in [5.74, 6) is -0.268. The van der Waals surface area contributed by atoms with E-state index in [2.05, 4.69) is 4.98 Å². The van der Waals surface area contributed by atoms with Crippen molar-refractivity contribution < 1.29 is 13.2 Å². The van der Waals surface area contributed by atoms with Crippen molar-refractivity contribution in [2.45, 2.75) is 26.1 Å². The van der Waals surface area contributed by atoms with Gasteiger partial charge in [-0.15, -0.1) is 11.3 Å². The second-order valence-corrected chi connectivity index (χ2v) is 10.8. The van der Waals surface area contributed by atoms with Crippen molar-refractivity contribution >= 4 is 37.5 Å². The first-order valence-electron chi connectivity index (χ1n) is 10.0. The second kappa shape index (κ2) is 8.52. The molecule has 1 aliphatic rings. The molecule has 4 rings (SSSR count). The van der Waals surface area contributed by atoms with E-state index in [-0.39, 0.29) is 36.9 Å². The number of fused-ring (bicyclic) bond motifs is 1. The van der Waals surface area contributed by atoms with Crippen LogP contribution in [-0.2, 0) is 27.1 Å². The molecule has 0 radical (unpaired) electrons. The number of carbonyl (C=O) groups excluding carboxylic acids is 1. The number of nitrogens with zero attached hydrogens (tertiary/aromatic N) is 4. The first kappa shape index (κ1) is 21.7. The zero-order chi connectivity index (χ0) is 22.2. The maximum Gasteiger partial charge on any atom is 0.262 e. The molecule has 2 aromatic heterocycles. The van der Waals surface area contributed by atoms with E-state index in [4.69, 9.17) is 0 Å². The molecule has 164 valence electrons. The van der Waals surface area contributed by atoms with Crippen LogP contribution in [0, 0.1) is 13.8 Å². The van der Waals surface area contributed by atoms with Crippen molar-refractivity contribution in [2.75, 3.05) is 26.2 Å². The summed E-state index contributed by atoms with van der Waals surface area (Å²) in [6, 6.07) is 9.05. The SMILES string of the molecule is Cc1sc2ncn(CC(=O)N3CCN(S(=O)(=O)Cc4ccccc4)CC3)c(=O)c2c1C. The monoisotopic (exact) mass is 460 g/mol. The van der Waals surface area contributed by atoms with Crippen molar-refractivity contribution in [3.8, 4) is 0 Å². The van der Waals surface area contributed by atoms with E-state index in [0.29, 0.717) is 23.3 Å². The molecule has 10 heteroatoms. The number of hydrogen-bond acceptors (Lipinski definition) is 6. The third-order valence-electron chi connectivity index (χ3n) is 5.64. The molecule has 1 aromatic carbocycles. The topological polar surface area (TPSA) is 92.6 Å². The number of rotatable bonds is 5. The Morgan fingerprint density at radius 3 is 2.45 bits per heavy atom. The van der Waals surface area contributed by atoms with Gasteiger partial charge in [-0.2, -0.15) is 4.31 Å². The molecule has 1 saturated heterocycles. The molecule has 31 heavy (non-hydrogen) atoms. The number of thiophene rings is 1. The fraction of sp³-hybridized carbons (Fsp3) is 0.381. The molecule has 0 spiro atoms. The van der Waals surface area contributed by atoms with E-state index in [1.807, 2.05) is 32.0 Å². The van der Waals surface area contributed by atoms with Gasteiger partial charge in [0.15, 0.2) is 0 Å². The van der Waals surface area contributed by atoms with Gasteiger partial charge in [0.1, 0.15) is 11.4 Å². The van der Waals surface area contributed by atoms with E-state index < -0.39 is 10.0 Å². The van der Waals surface area contributed by atoms with Gasteiger partial charge in [0.2, 0.25) is 15.9 Å². The number of carbonyl (C=O) groups is 1. The molecule has 0 unspecified atom stereocenters.